The first kappa shape index (κ1) is 13.5. The Labute approximate surface area is 71.6 Å². The Morgan fingerprint density at radius 1 is 0.818 bits per heavy atom. The summed E-state index contributed by atoms with van der Waals surface area (Å²) >= 11 is 0. The van der Waals surface area contributed by atoms with Gasteiger partial charge in [-0.15, -0.1) is 0 Å². The fraction of sp³-hybridized carbons (Fsp3) is 1.00. The molecule has 70 valence electrons. The minimum absolute atomic E-state index is 0.333. The van der Waals surface area contributed by atoms with Gasteiger partial charge in [-0.1, -0.05) is 41.5 Å². The van der Waals surface area contributed by atoms with E-state index in [-0.39, 0.29) is 0 Å². The number of rotatable bonds is 2. The Balaban J connectivity index is 0. The van der Waals surface area contributed by atoms with Crippen LogP contribution < -0.4 is 11.1 Å². The lowest BCUT2D eigenvalue weighted by atomic mass is 10.3. The van der Waals surface area contributed by atoms with Crippen LogP contribution in [-0.4, -0.2) is 18.1 Å². The molecule has 0 fully saturated rings. The topological polar surface area (TPSA) is 38.0 Å². The molecular formula is C9H24N2. The van der Waals surface area contributed by atoms with Crippen LogP contribution in [0.4, 0.5) is 0 Å². The van der Waals surface area contributed by atoms with Gasteiger partial charge in [-0.25, -0.2) is 0 Å². The molecular weight excluding hydrogens is 136 g/mol. The molecule has 2 nitrogen and oxygen atoms in total. The van der Waals surface area contributed by atoms with Crippen molar-refractivity contribution in [2.45, 2.75) is 59.7 Å². The lowest BCUT2D eigenvalue weighted by molar-refractivity contribution is 0.518. The van der Waals surface area contributed by atoms with Gasteiger partial charge in [-0.05, 0) is 6.04 Å². The van der Waals surface area contributed by atoms with Gasteiger partial charge in [0.2, 0.25) is 0 Å². The fourth-order valence-corrected chi connectivity index (χ4v) is 0.667. The van der Waals surface area contributed by atoms with Crippen LogP contribution in [0.15, 0.2) is 0 Å². The van der Waals surface area contributed by atoms with Crippen LogP contribution in [0.1, 0.15) is 41.5 Å². The van der Waals surface area contributed by atoms with E-state index in [9.17, 15) is 0 Å². The van der Waals surface area contributed by atoms with Gasteiger partial charge in [0, 0.05) is 12.1 Å². The normalized spacial score (nSPS) is 10.4. The van der Waals surface area contributed by atoms with Crippen LogP contribution >= 0.6 is 0 Å². The van der Waals surface area contributed by atoms with E-state index in [0.29, 0.717) is 18.1 Å². The highest BCUT2D eigenvalue weighted by Crippen LogP contribution is 1.80. The second-order valence-electron chi connectivity index (χ2n) is 3.72. The molecule has 0 unspecified atom stereocenters. The molecule has 0 atom stereocenters. The molecule has 0 amide bonds. The molecule has 3 N–H and O–H groups in total. The van der Waals surface area contributed by atoms with Crippen molar-refractivity contribution in [3.05, 3.63) is 0 Å². The molecule has 0 aromatic rings. The molecule has 0 aliphatic carbocycles. The number of hydrogen-bond acceptors (Lipinski definition) is 2. The quantitative estimate of drug-likeness (QED) is 0.646. The van der Waals surface area contributed by atoms with E-state index in [2.05, 4.69) is 33.0 Å². The van der Waals surface area contributed by atoms with E-state index in [1.807, 2.05) is 13.8 Å². The van der Waals surface area contributed by atoms with Crippen molar-refractivity contribution in [2.75, 3.05) is 0 Å². The van der Waals surface area contributed by atoms with Crippen molar-refractivity contribution in [3.8, 4) is 0 Å². The minimum atomic E-state index is 0.333. The lowest BCUT2D eigenvalue weighted by Gasteiger charge is -2.10. The molecule has 0 spiro atoms. The Morgan fingerprint density at radius 2 is 1.00 bits per heavy atom. The zero-order chi connectivity index (χ0) is 9.44. The second kappa shape index (κ2) is 8.02. The van der Waals surface area contributed by atoms with E-state index in [0.717, 1.165) is 0 Å². The first-order valence-electron chi connectivity index (χ1n) is 4.37. The molecule has 0 radical (unpaired) electrons. The highest BCUT2D eigenvalue weighted by atomic mass is 14.9. The fourth-order valence-electron chi connectivity index (χ4n) is 0.667. The van der Waals surface area contributed by atoms with Crippen LogP contribution in [0.2, 0.25) is 0 Å². The van der Waals surface area contributed by atoms with E-state index in [4.69, 9.17) is 5.73 Å². The van der Waals surface area contributed by atoms with Crippen LogP contribution in [0.5, 0.6) is 0 Å². The van der Waals surface area contributed by atoms with Gasteiger partial charge in [-0.3, -0.25) is 0 Å². The highest BCUT2D eigenvalue weighted by molar-refractivity contribution is 4.55. The molecule has 0 rings (SSSR count). The molecule has 2 heteroatoms. The van der Waals surface area contributed by atoms with Crippen molar-refractivity contribution in [3.63, 3.8) is 0 Å². The van der Waals surface area contributed by atoms with Gasteiger partial charge >= 0.3 is 0 Å². The van der Waals surface area contributed by atoms with Gasteiger partial charge in [0.1, 0.15) is 0 Å². The molecule has 0 aliphatic heterocycles. The molecule has 0 aromatic heterocycles. The smallest absolute Gasteiger partial charge is 0.00127 e. The Morgan fingerprint density at radius 3 is 1.00 bits per heavy atom. The maximum Gasteiger partial charge on any atom is 0.00127 e. The molecule has 0 heterocycles. The zero-order valence-electron chi connectivity index (χ0n) is 8.81. The predicted octanol–water partition coefficient (Wildman–Crippen LogP) is 1.75. The van der Waals surface area contributed by atoms with Gasteiger partial charge in [0.15, 0.2) is 0 Å². The first-order chi connectivity index (χ1) is 4.86. The van der Waals surface area contributed by atoms with Crippen LogP contribution in [-0.2, 0) is 0 Å². The summed E-state index contributed by atoms with van der Waals surface area (Å²) in [6.07, 6.45) is 0. The third kappa shape index (κ3) is 40.5. The summed E-state index contributed by atoms with van der Waals surface area (Å²) in [6.45, 7) is 12.5. The van der Waals surface area contributed by atoms with Gasteiger partial charge in [-0.2, -0.15) is 0 Å². The van der Waals surface area contributed by atoms with Crippen molar-refractivity contribution in [1.82, 2.24) is 5.32 Å². The zero-order valence-corrected chi connectivity index (χ0v) is 8.81. The molecule has 0 bridgehead atoms. The summed E-state index contributed by atoms with van der Waals surface area (Å²) in [4.78, 5) is 0. The lowest BCUT2D eigenvalue weighted by Crippen LogP contribution is -2.29. The minimum Gasteiger partial charge on any atom is -0.328 e. The van der Waals surface area contributed by atoms with Crippen molar-refractivity contribution in [2.24, 2.45) is 5.73 Å². The molecule has 0 saturated heterocycles. The van der Waals surface area contributed by atoms with Crippen LogP contribution in [0.25, 0.3) is 0 Å². The van der Waals surface area contributed by atoms with Crippen molar-refractivity contribution < 1.29 is 0 Å². The Hall–Kier alpha value is -0.0800. The summed E-state index contributed by atoms with van der Waals surface area (Å²) in [7, 11) is 0. The van der Waals surface area contributed by atoms with Gasteiger partial charge in [0.05, 0.1) is 0 Å². The third-order valence-electron chi connectivity index (χ3n) is 0.667. The third-order valence-corrected chi connectivity index (χ3v) is 0.667. The summed E-state index contributed by atoms with van der Waals surface area (Å²) < 4.78 is 0. The first-order valence-corrected chi connectivity index (χ1v) is 4.37. The Kier molecular flexibility index (Phi) is 9.85. The number of nitrogens with one attached hydrogen (secondary N) is 1. The summed E-state index contributed by atoms with van der Waals surface area (Å²) in [5.41, 5.74) is 5.11. The maximum atomic E-state index is 5.11. The summed E-state index contributed by atoms with van der Waals surface area (Å²) in [5.74, 6) is 0. The van der Waals surface area contributed by atoms with E-state index in [1.165, 1.54) is 0 Å². The van der Waals surface area contributed by atoms with E-state index >= 15 is 0 Å². The highest BCUT2D eigenvalue weighted by Gasteiger charge is 1.92. The van der Waals surface area contributed by atoms with Gasteiger partial charge in [0.25, 0.3) is 0 Å². The average molecular weight is 160 g/mol. The Bertz CT molecular complexity index is 59.2. The molecule has 11 heavy (non-hydrogen) atoms. The van der Waals surface area contributed by atoms with Crippen LogP contribution in [0, 0.1) is 0 Å². The number of nitrogens with two attached hydrogens (primary N) is 1. The summed E-state index contributed by atoms with van der Waals surface area (Å²) in [6, 6.07) is 1.58. The van der Waals surface area contributed by atoms with Gasteiger partial charge < -0.3 is 11.1 Å². The summed E-state index contributed by atoms with van der Waals surface area (Å²) in [5, 5.41) is 3.31. The maximum absolute atomic E-state index is 5.11. The second-order valence-corrected chi connectivity index (χ2v) is 3.72. The largest absolute Gasteiger partial charge is 0.328 e. The van der Waals surface area contributed by atoms with E-state index < -0.39 is 0 Å². The molecule has 0 aliphatic rings. The SMILES string of the molecule is CC(C)N.CC(C)NC(C)C. The van der Waals surface area contributed by atoms with Crippen molar-refractivity contribution in [1.29, 1.82) is 0 Å². The standard InChI is InChI=1S/C6H15N.C3H9N/c1-5(2)7-6(3)4;1-3(2)4/h5-7H,1-4H3;3H,4H2,1-2H3. The van der Waals surface area contributed by atoms with Crippen molar-refractivity contribution >= 4 is 0 Å². The number of hydrogen-bond donors (Lipinski definition) is 2. The predicted molar refractivity (Wildman–Crippen MR) is 52.7 cm³/mol. The molecule has 0 saturated carbocycles. The molecule has 0 aromatic carbocycles. The van der Waals surface area contributed by atoms with Crippen LogP contribution in [0.3, 0.4) is 0 Å². The van der Waals surface area contributed by atoms with E-state index in [1.54, 1.807) is 0 Å². The average Bonchev–Trinajstić information content (AvgIpc) is 1.56. The monoisotopic (exact) mass is 160 g/mol.